The van der Waals surface area contributed by atoms with E-state index in [1.54, 1.807) is 17.0 Å². The number of carbonyl (C=O) groups excluding carboxylic acids is 1. The first-order chi connectivity index (χ1) is 17.5. The van der Waals surface area contributed by atoms with Crippen LogP contribution in [0.2, 0.25) is 10.0 Å². The third kappa shape index (κ3) is 6.86. The van der Waals surface area contributed by atoms with Gasteiger partial charge >= 0.3 is 0 Å². The zero-order valence-corrected chi connectivity index (χ0v) is 23.5. The molecule has 1 heterocycles. The first-order valence-electron chi connectivity index (χ1n) is 12.3. The summed E-state index contributed by atoms with van der Waals surface area (Å²) in [6, 6.07) is 18.7. The molecule has 0 aliphatic carbocycles. The van der Waals surface area contributed by atoms with Crippen molar-refractivity contribution < 1.29 is 17.9 Å². The van der Waals surface area contributed by atoms with Gasteiger partial charge in [-0.2, -0.15) is 0 Å². The highest BCUT2D eigenvalue weighted by Gasteiger charge is 2.35. The van der Waals surface area contributed by atoms with Gasteiger partial charge in [0.25, 0.3) is 5.91 Å². The minimum atomic E-state index is -3.17. The molecule has 0 radical (unpaired) electrons. The molecule has 37 heavy (non-hydrogen) atoms. The molecule has 0 spiro atoms. The van der Waals surface area contributed by atoms with Crippen molar-refractivity contribution in [2.75, 3.05) is 18.1 Å². The smallest absolute Gasteiger partial charge is 0.261 e. The Balaban J connectivity index is 1.54. The molecular formula is C29H31Cl2NO4S. The zero-order valence-electron chi connectivity index (χ0n) is 21.2. The van der Waals surface area contributed by atoms with Gasteiger partial charge in [0, 0.05) is 28.2 Å². The molecule has 0 bridgehead atoms. The summed E-state index contributed by atoms with van der Waals surface area (Å²) in [4.78, 5) is 15.1. The standard InChI is InChI=1S/C29H31Cl2NO4S/c1-19(2)25-10-4-20(3)14-28(25)36-17-29(33)32(24-12-13-37(34,35)18-24)16-21-5-7-22(8-6-21)26-11-9-23(30)15-27(26)31/h4-11,14-15,19,24H,12-13,16-18H2,1-3H3. The first-order valence-corrected chi connectivity index (χ1v) is 14.9. The average Bonchev–Trinajstić information content (AvgIpc) is 3.20. The van der Waals surface area contributed by atoms with E-state index in [4.69, 9.17) is 27.9 Å². The number of carbonyl (C=O) groups is 1. The van der Waals surface area contributed by atoms with Crippen molar-refractivity contribution in [3.63, 3.8) is 0 Å². The molecule has 3 aromatic carbocycles. The van der Waals surface area contributed by atoms with Crippen LogP contribution in [-0.4, -0.2) is 43.4 Å². The molecule has 0 aromatic heterocycles. The van der Waals surface area contributed by atoms with Crippen molar-refractivity contribution in [1.29, 1.82) is 0 Å². The first kappa shape index (κ1) is 27.5. The monoisotopic (exact) mass is 559 g/mol. The maximum atomic E-state index is 13.4. The minimum absolute atomic E-state index is 0.0289. The van der Waals surface area contributed by atoms with Gasteiger partial charge in [-0.05, 0) is 59.7 Å². The molecular weight excluding hydrogens is 529 g/mol. The van der Waals surface area contributed by atoms with E-state index in [-0.39, 0.29) is 36.0 Å². The zero-order chi connectivity index (χ0) is 26.7. The summed E-state index contributed by atoms with van der Waals surface area (Å²) in [5.41, 5.74) is 4.76. The van der Waals surface area contributed by atoms with Gasteiger partial charge in [-0.3, -0.25) is 4.79 Å². The summed E-state index contributed by atoms with van der Waals surface area (Å²) in [5, 5.41) is 1.13. The predicted octanol–water partition coefficient (Wildman–Crippen LogP) is 6.69. The van der Waals surface area contributed by atoms with Crippen molar-refractivity contribution in [1.82, 2.24) is 4.90 Å². The van der Waals surface area contributed by atoms with Gasteiger partial charge < -0.3 is 9.64 Å². The van der Waals surface area contributed by atoms with Gasteiger partial charge in [-0.15, -0.1) is 0 Å². The Labute approximate surface area is 229 Å². The van der Waals surface area contributed by atoms with Crippen molar-refractivity contribution in [3.05, 3.63) is 87.4 Å². The second-order valence-electron chi connectivity index (χ2n) is 9.88. The van der Waals surface area contributed by atoms with Crippen molar-refractivity contribution in [2.45, 2.75) is 45.7 Å². The predicted molar refractivity (Wildman–Crippen MR) is 150 cm³/mol. The molecule has 196 valence electrons. The molecule has 4 rings (SSSR count). The molecule has 1 saturated heterocycles. The van der Waals surface area contributed by atoms with E-state index in [0.717, 1.165) is 27.8 Å². The fraction of sp³-hybridized carbons (Fsp3) is 0.345. The number of halogens is 2. The van der Waals surface area contributed by atoms with Crippen molar-refractivity contribution in [3.8, 4) is 16.9 Å². The minimum Gasteiger partial charge on any atom is -0.483 e. The number of hydrogen-bond acceptors (Lipinski definition) is 4. The molecule has 1 fully saturated rings. The summed E-state index contributed by atoms with van der Waals surface area (Å²) in [5.74, 6) is 0.758. The number of aryl methyl sites for hydroxylation is 1. The number of amides is 1. The van der Waals surface area contributed by atoms with Gasteiger partial charge in [-0.1, -0.05) is 79.5 Å². The molecule has 1 amide bonds. The maximum absolute atomic E-state index is 13.4. The number of rotatable bonds is 8. The summed E-state index contributed by atoms with van der Waals surface area (Å²) in [6.07, 6.45) is 0.425. The average molecular weight is 561 g/mol. The third-order valence-corrected chi connectivity index (χ3v) is 8.96. The van der Waals surface area contributed by atoms with E-state index < -0.39 is 9.84 Å². The Morgan fingerprint density at radius 3 is 2.41 bits per heavy atom. The molecule has 0 N–H and O–H groups in total. The van der Waals surface area contributed by atoms with Crippen LogP contribution in [0, 0.1) is 6.92 Å². The highest BCUT2D eigenvalue weighted by atomic mass is 35.5. The lowest BCUT2D eigenvalue weighted by Gasteiger charge is -2.29. The van der Waals surface area contributed by atoms with Gasteiger partial charge in [0.2, 0.25) is 0 Å². The molecule has 0 saturated carbocycles. The fourth-order valence-corrected chi connectivity index (χ4v) is 6.87. The second-order valence-corrected chi connectivity index (χ2v) is 13.0. The van der Waals surface area contributed by atoms with Gasteiger partial charge in [0.1, 0.15) is 5.75 Å². The van der Waals surface area contributed by atoms with Crippen LogP contribution >= 0.6 is 23.2 Å². The Kier molecular flexibility index (Phi) is 8.52. The van der Waals surface area contributed by atoms with Gasteiger partial charge in [0.15, 0.2) is 16.4 Å². The summed E-state index contributed by atoms with van der Waals surface area (Å²) < 4.78 is 30.5. The van der Waals surface area contributed by atoms with E-state index in [0.29, 0.717) is 28.8 Å². The highest BCUT2D eigenvalue weighted by molar-refractivity contribution is 7.91. The van der Waals surface area contributed by atoms with E-state index in [9.17, 15) is 13.2 Å². The number of ether oxygens (including phenoxy) is 1. The van der Waals surface area contributed by atoms with Gasteiger partial charge in [0.05, 0.1) is 11.5 Å². The third-order valence-electron chi connectivity index (χ3n) is 6.66. The summed E-state index contributed by atoms with van der Waals surface area (Å²) in [7, 11) is -3.17. The second kappa shape index (κ2) is 11.5. The Bertz CT molecular complexity index is 1390. The maximum Gasteiger partial charge on any atom is 0.261 e. The normalized spacial score (nSPS) is 16.6. The van der Waals surface area contributed by atoms with E-state index in [1.807, 2.05) is 55.5 Å². The van der Waals surface area contributed by atoms with Crippen LogP contribution in [0.4, 0.5) is 0 Å². The van der Waals surface area contributed by atoms with E-state index >= 15 is 0 Å². The van der Waals surface area contributed by atoms with Crippen LogP contribution in [0.15, 0.2) is 60.7 Å². The fourth-order valence-electron chi connectivity index (χ4n) is 4.62. The lowest BCUT2D eigenvalue weighted by molar-refractivity contribution is -0.136. The van der Waals surface area contributed by atoms with Crippen molar-refractivity contribution in [2.24, 2.45) is 0 Å². The summed E-state index contributed by atoms with van der Waals surface area (Å²) >= 11 is 12.4. The summed E-state index contributed by atoms with van der Waals surface area (Å²) in [6.45, 7) is 6.28. The van der Waals surface area contributed by atoms with Gasteiger partial charge in [-0.25, -0.2) is 8.42 Å². The molecule has 1 atom stereocenters. The highest BCUT2D eigenvalue weighted by Crippen LogP contribution is 2.31. The van der Waals surface area contributed by atoms with Crippen LogP contribution < -0.4 is 4.74 Å². The number of nitrogens with zero attached hydrogens (tertiary/aromatic N) is 1. The quantitative estimate of drug-likeness (QED) is 0.308. The molecule has 8 heteroatoms. The van der Waals surface area contributed by atoms with Crippen LogP contribution in [0.3, 0.4) is 0 Å². The van der Waals surface area contributed by atoms with E-state index in [1.165, 1.54) is 0 Å². The topological polar surface area (TPSA) is 63.7 Å². The lowest BCUT2D eigenvalue weighted by Crippen LogP contribution is -2.43. The Morgan fingerprint density at radius 1 is 1.05 bits per heavy atom. The largest absolute Gasteiger partial charge is 0.483 e. The molecule has 3 aromatic rings. The Morgan fingerprint density at radius 2 is 1.78 bits per heavy atom. The molecule has 1 aliphatic rings. The van der Waals surface area contributed by atoms with Crippen LogP contribution in [-0.2, 0) is 21.2 Å². The lowest BCUT2D eigenvalue weighted by atomic mass is 10.0. The van der Waals surface area contributed by atoms with Crippen LogP contribution in [0.1, 0.15) is 42.9 Å². The number of sulfone groups is 1. The number of hydrogen-bond donors (Lipinski definition) is 0. The van der Waals surface area contributed by atoms with Crippen LogP contribution in [0.5, 0.6) is 5.75 Å². The SMILES string of the molecule is Cc1ccc(C(C)C)c(OCC(=O)N(Cc2ccc(-c3ccc(Cl)cc3Cl)cc2)C2CCS(=O)(=O)C2)c1. The van der Waals surface area contributed by atoms with Crippen molar-refractivity contribution >= 4 is 38.9 Å². The molecule has 5 nitrogen and oxygen atoms in total. The van der Waals surface area contributed by atoms with E-state index in [2.05, 4.69) is 13.8 Å². The molecule has 1 unspecified atom stereocenters. The Hall–Kier alpha value is -2.54. The molecule has 1 aliphatic heterocycles. The number of benzene rings is 3. The van der Waals surface area contributed by atoms with Crippen LogP contribution in [0.25, 0.3) is 11.1 Å².